The van der Waals surface area contributed by atoms with Gasteiger partial charge in [-0.25, -0.2) is 8.78 Å². The second kappa shape index (κ2) is 6.80. The number of hydrogen-bond donors (Lipinski definition) is 2. The molecule has 4 nitrogen and oxygen atoms in total. The zero-order valence-corrected chi connectivity index (χ0v) is 11.8. The molecule has 2 rings (SSSR count). The Hall–Kier alpha value is -2.76. The second-order valence-electron chi connectivity index (χ2n) is 4.69. The van der Waals surface area contributed by atoms with Gasteiger partial charge in [0.2, 0.25) is 5.91 Å². The van der Waals surface area contributed by atoms with Crippen LogP contribution in [0.3, 0.4) is 0 Å². The molecular weight excluding hydrogens is 290 g/mol. The van der Waals surface area contributed by atoms with E-state index in [9.17, 15) is 18.4 Å². The van der Waals surface area contributed by atoms with E-state index in [4.69, 9.17) is 0 Å². The van der Waals surface area contributed by atoms with Crippen molar-refractivity contribution in [2.45, 2.75) is 6.92 Å². The number of amides is 2. The number of hydrogen-bond acceptors (Lipinski definition) is 2. The Morgan fingerprint density at radius 2 is 1.77 bits per heavy atom. The van der Waals surface area contributed by atoms with Gasteiger partial charge < -0.3 is 10.6 Å². The normalized spacial score (nSPS) is 10.1. The molecular formula is C16H14F2N2O2. The maximum atomic E-state index is 13.6. The van der Waals surface area contributed by atoms with Gasteiger partial charge in [-0.05, 0) is 36.8 Å². The predicted molar refractivity (Wildman–Crippen MR) is 78.5 cm³/mol. The third-order valence-electron chi connectivity index (χ3n) is 2.93. The lowest BCUT2D eigenvalue weighted by molar-refractivity contribution is -0.115. The molecule has 2 aromatic rings. The van der Waals surface area contributed by atoms with Crippen molar-refractivity contribution < 1.29 is 18.4 Å². The quantitative estimate of drug-likeness (QED) is 0.912. The van der Waals surface area contributed by atoms with E-state index in [0.29, 0.717) is 0 Å². The van der Waals surface area contributed by atoms with E-state index in [2.05, 4.69) is 10.6 Å². The van der Waals surface area contributed by atoms with Gasteiger partial charge in [0.15, 0.2) is 0 Å². The van der Waals surface area contributed by atoms with Crippen molar-refractivity contribution in [1.29, 1.82) is 0 Å². The number of benzene rings is 2. The molecule has 0 radical (unpaired) electrons. The van der Waals surface area contributed by atoms with E-state index in [0.717, 1.165) is 11.6 Å². The van der Waals surface area contributed by atoms with Crippen molar-refractivity contribution in [1.82, 2.24) is 5.32 Å². The van der Waals surface area contributed by atoms with Crippen molar-refractivity contribution in [3.8, 4) is 0 Å². The molecule has 0 atom stereocenters. The Morgan fingerprint density at radius 1 is 1.05 bits per heavy atom. The van der Waals surface area contributed by atoms with Crippen LogP contribution in [0.25, 0.3) is 0 Å². The number of carbonyl (C=O) groups excluding carboxylic acids is 2. The zero-order valence-electron chi connectivity index (χ0n) is 11.8. The summed E-state index contributed by atoms with van der Waals surface area (Å²) in [7, 11) is 0. The summed E-state index contributed by atoms with van der Waals surface area (Å²) < 4.78 is 27.0. The lowest BCUT2D eigenvalue weighted by Crippen LogP contribution is -2.33. The number of anilines is 1. The molecule has 0 bridgehead atoms. The fourth-order valence-electron chi connectivity index (χ4n) is 1.82. The summed E-state index contributed by atoms with van der Waals surface area (Å²) in [6.45, 7) is 1.34. The smallest absolute Gasteiger partial charge is 0.254 e. The Morgan fingerprint density at radius 3 is 2.45 bits per heavy atom. The van der Waals surface area contributed by atoms with E-state index in [1.54, 1.807) is 13.0 Å². The first-order valence-electron chi connectivity index (χ1n) is 6.56. The lowest BCUT2D eigenvalue weighted by Gasteiger charge is -2.08. The summed E-state index contributed by atoms with van der Waals surface area (Å²) in [5, 5.41) is 4.61. The lowest BCUT2D eigenvalue weighted by atomic mass is 10.2. The first kappa shape index (κ1) is 15.6. The predicted octanol–water partition coefficient (Wildman–Crippen LogP) is 2.64. The fourth-order valence-corrected chi connectivity index (χ4v) is 1.82. The molecule has 6 heteroatoms. The molecule has 2 amide bonds. The highest BCUT2D eigenvalue weighted by atomic mass is 19.1. The van der Waals surface area contributed by atoms with Gasteiger partial charge in [-0.15, -0.1) is 0 Å². The summed E-state index contributed by atoms with van der Waals surface area (Å²) in [5.41, 5.74) is 0.593. The SMILES string of the molecule is Cc1ccc(NC(=O)CNC(=O)c2ccccc2F)c(F)c1. The second-order valence-corrected chi connectivity index (χ2v) is 4.69. The Labute approximate surface area is 126 Å². The molecule has 114 valence electrons. The van der Waals surface area contributed by atoms with Crippen molar-refractivity contribution in [2.24, 2.45) is 0 Å². The van der Waals surface area contributed by atoms with Crippen LogP contribution < -0.4 is 10.6 Å². The molecule has 0 spiro atoms. The summed E-state index contributed by atoms with van der Waals surface area (Å²) in [6, 6.07) is 9.79. The van der Waals surface area contributed by atoms with Crippen molar-refractivity contribution in [2.75, 3.05) is 11.9 Å². The summed E-state index contributed by atoms with van der Waals surface area (Å²) in [5.74, 6) is -2.55. The van der Waals surface area contributed by atoms with Crippen LogP contribution in [0.4, 0.5) is 14.5 Å². The summed E-state index contributed by atoms with van der Waals surface area (Å²) in [4.78, 5) is 23.4. The van der Waals surface area contributed by atoms with Crippen molar-refractivity contribution >= 4 is 17.5 Å². The highest BCUT2D eigenvalue weighted by Crippen LogP contribution is 2.14. The van der Waals surface area contributed by atoms with E-state index < -0.39 is 23.4 Å². The molecule has 2 aromatic carbocycles. The van der Waals surface area contributed by atoms with Crippen molar-refractivity contribution in [3.05, 3.63) is 65.2 Å². The van der Waals surface area contributed by atoms with Crippen LogP contribution in [0.1, 0.15) is 15.9 Å². The number of aryl methyl sites for hydroxylation is 1. The van der Waals surface area contributed by atoms with Crippen LogP contribution in [0, 0.1) is 18.6 Å². The van der Waals surface area contributed by atoms with Gasteiger partial charge in [-0.1, -0.05) is 18.2 Å². The third-order valence-corrected chi connectivity index (χ3v) is 2.93. The summed E-state index contributed by atoms with van der Waals surface area (Å²) in [6.07, 6.45) is 0. The first-order chi connectivity index (χ1) is 10.5. The van der Waals surface area contributed by atoms with Crippen LogP contribution >= 0.6 is 0 Å². The monoisotopic (exact) mass is 304 g/mol. The fraction of sp³-hybridized carbons (Fsp3) is 0.125. The molecule has 2 N–H and O–H groups in total. The van der Waals surface area contributed by atoms with Crippen LogP contribution in [0.5, 0.6) is 0 Å². The Bertz CT molecular complexity index is 717. The zero-order chi connectivity index (χ0) is 16.1. The summed E-state index contributed by atoms with van der Waals surface area (Å²) >= 11 is 0. The van der Waals surface area contributed by atoms with Gasteiger partial charge in [-0.3, -0.25) is 9.59 Å². The van der Waals surface area contributed by atoms with Gasteiger partial charge in [0.1, 0.15) is 11.6 Å². The number of nitrogens with one attached hydrogen (secondary N) is 2. The van der Waals surface area contributed by atoms with E-state index in [1.807, 2.05) is 0 Å². The van der Waals surface area contributed by atoms with Crippen LogP contribution in [-0.2, 0) is 4.79 Å². The maximum absolute atomic E-state index is 13.6. The van der Waals surface area contributed by atoms with Gasteiger partial charge in [-0.2, -0.15) is 0 Å². The Kier molecular flexibility index (Phi) is 4.83. The molecule has 0 aliphatic carbocycles. The number of rotatable bonds is 4. The van der Waals surface area contributed by atoms with E-state index in [-0.39, 0.29) is 17.8 Å². The van der Waals surface area contributed by atoms with Crippen LogP contribution in [-0.4, -0.2) is 18.4 Å². The minimum absolute atomic E-state index is 0.0238. The first-order valence-corrected chi connectivity index (χ1v) is 6.56. The molecule has 0 heterocycles. The third kappa shape index (κ3) is 3.88. The standard InChI is InChI=1S/C16H14F2N2O2/c1-10-6-7-14(13(18)8-10)20-15(21)9-19-16(22)11-4-2-3-5-12(11)17/h2-8H,9H2,1H3,(H,19,22)(H,20,21). The highest BCUT2D eigenvalue weighted by Gasteiger charge is 2.13. The van der Waals surface area contributed by atoms with Crippen LogP contribution in [0.2, 0.25) is 0 Å². The Balaban J connectivity index is 1.93. The molecule has 0 fully saturated rings. The average molecular weight is 304 g/mol. The topological polar surface area (TPSA) is 58.2 Å². The molecule has 0 aromatic heterocycles. The molecule has 22 heavy (non-hydrogen) atoms. The van der Waals surface area contributed by atoms with E-state index in [1.165, 1.54) is 30.3 Å². The van der Waals surface area contributed by atoms with Crippen LogP contribution in [0.15, 0.2) is 42.5 Å². The molecule has 0 saturated heterocycles. The van der Waals surface area contributed by atoms with E-state index >= 15 is 0 Å². The van der Waals surface area contributed by atoms with Gasteiger partial charge in [0, 0.05) is 0 Å². The number of halogens is 2. The van der Waals surface area contributed by atoms with Gasteiger partial charge in [0.25, 0.3) is 5.91 Å². The molecule has 0 saturated carbocycles. The molecule has 0 unspecified atom stereocenters. The largest absolute Gasteiger partial charge is 0.343 e. The van der Waals surface area contributed by atoms with Gasteiger partial charge >= 0.3 is 0 Å². The number of carbonyl (C=O) groups is 2. The highest BCUT2D eigenvalue weighted by molar-refractivity contribution is 5.99. The molecule has 0 aliphatic heterocycles. The maximum Gasteiger partial charge on any atom is 0.254 e. The van der Waals surface area contributed by atoms with Gasteiger partial charge in [0.05, 0.1) is 17.8 Å². The molecule has 0 aliphatic rings. The minimum atomic E-state index is -0.711. The minimum Gasteiger partial charge on any atom is -0.343 e. The van der Waals surface area contributed by atoms with Crippen molar-refractivity contribution in [3.63, 3.8) is 0 Å². The average Bonchev–Trinajstić information content (AvgIpc) is 2.48.